The minimum Gasteiger partial charge on any atom is -0.376 e. The van der Waals surface area contributed by atoms with Gasteiger partial charge in [-0.1, -0.05) is 13.0 Å². The summed E-state index contributed by atoms with van der Waals surface area (Å²) >= 11 is 0. The third-order valence-electron chi connectivity index (χ3n) is 2.80. The zero-order valence-corrected chi connectivity index (χ0v) is 13.5. The molecule has 21 heavy (non-hydrogen) atoms. The Morgan fingerprint density at radius 3 is 2.38 bits per heavy atom. The van der Waals surface area contributed by atoms with Crippen LogP contribution in [0.25, 0.3) is 0 Å². The van der Waals surface area contributed by atoms with E-state index in [1.807, 2.05) is 52.8 Å². The van der Waals surface area contributed by atoms with E-state index in [1.54, 1.807) is 0 Å². The molecule has 0 saturated carbocycles. The van der Waals surface area contributed by atoms with Crippen LogP contribution >= 0.6 is 0 Å². The summed E-state index contributed by atoms with van der Waals surface area (Å²) in [5.74, 6) is -0.0945. The molecule has 0 saturated heterocycles. The molecule has 5 nitrogen and oxygen atoms in total. The van der Waals surface area contributed by atoms with Crippen LogP contribution < -0.4 is 16.0 Å². The molecule has 1 rings (SSSR count). The van der Waals surface area contributed by atoms with Crippen molar-refractivity contribution in [1.29, 1.82) is 0 Å². The van der Waals surface area contributed by atoms with E-state index >= 15 is 0 Å². The van der Waals surface area contributed by atoms with Gasteiger partial charge in [-0.25, -0.2) is 0 Å². The number of benzene rings is 1. The summed E-state index contributed by atoms with van der Waals surface area (Å²) in [6.07, 6.45) is 0.436. The molecular formula is C16H25N3O2. The molecule has 0 unspecified atom stereocenters. The van der Waals surface area contributed by atoms with E-state index in [0.29, 0.717) is 6.42 Å². The van der Waals surface area contributed by atoms with E-state index in [0.717, 1.165) is 16.9 Å². The third-order valence-corrected chi connectivity index (χ3v) is 2.80. The van der Waals surface area contributed by atoms with E-state index in [1.165, 1.54) is 0 Å². The normalized spacial score (nSPS) is 10.9. The average molecular weight is 291 g/mol. The fraction of sp³-hybridized carbons (Fsp3) is 0.500. The Balaban J connectivity index is 2.66. The maximum absolute atomic E-state index is 11.8. The predicted octanol–water partition coefficient (Wildman–Crippen LogP) is 2.67. The Kier molecular flexibility index (Phi) is 5.76. The van der Waals surface area contributed by atoms with Gasteiger partial charge >= 0.3 is 0 Å². The Bertz CT molecular complexity index is 519. The quantitative estimate of drug-likeness (QED) is 0.781. The zero-order chi connectivity index (χ0) is 16.0. The largest absolute Gasteiger partial charge is 0.376 e. The van der Waals surface area contributed by atoms with Gasteiger partial charge in [0.2, 0.25) is 11.8 Å². The lowest BCUT2D eigenvalue weighted by atomic mass is 10.1. The lowest BCUT2D eigenvalue weighted by Gasteiger charge is -2.21. The number of amides is 2. The van der Waals surface area contributed by atoms with Gasteiger partial charge in [-0.15, -0.1) is 0 Å². The highest BCUT2D eigenvalue weighted by molar-refractivity contribution is 5.92. The van der Waals surface area contributed by atoms with Gasteiger partial charge in [0.15, 0.2) is 0 Å². The third kappa shape index (κ3) is 6.29. The number of aryl methyl sites for hydroxylation is 1. The topological polar surface area (TPSA) is 70.2 Å². The first-order valence-corrected chi connectivity index (χ1v) is 7.16. The van der Waals surface area contributed by atoms with Crippen LogP contribution in [-0.2, 0) is 9.59 Å². The van der Waals surface area contributed by atoms with Crippen molar-refractivity contribution in [2.45, 2.75) is 46.6 Å². The highest BCUT2D eigenvalue weighted by atomic mass is 16.2. The smallest absolute Gasteiger partial charge is 0.239 e. The van der Waals surface area contributed by atoms with Crippen LogP contribution in [0, 0.1) is 6.92 Å². The first-order chi connectivity index (χ1) is 9.71. The fourth-order valence-electron chi connectivity index (χ4n) is 1.75. The maximum Gasteiger partial charge on any atom is 0.239 e. The number of hydrogen-bond donors (Lipinski definition) is 3. The summed E-state index contributed by atoms with van der Waals surface area (Å²) in [5.41, 5.74) is 2.31. The molecule has 0 radical (unpaired) electrons. The predicted molar refractivity (Wildman–Crippen MR) is 86.5 cm³/mol. The first kappa shape index (κ1) is 17.0. The molecule has 1 aromatic carbocycles. The molecule has 0 fully saturated rings. The van der Waals surface area contributed by atoms with Crippen LogP contribution in [0.2, 0.25) is 0 Å². The maximum atomic E-state index is 11.8. The van der Waals surface area contributed by atoms with Crippen molar-refractivity contribution in [3.8, 4) is 0 Å². The zero-order valence-electron chi connectivity index (χ0n) is 13.5. The first-order valence-electron chi connectivity index (χ1n) is 7.16. The molecule has 0 aliphatic rings. The molecule has 116 valence electrons. The van der Waals surface area contributed by atoms with Gasteiger partial charge in [-0.3, -0.25) is 9.59 Å². The van der Waals surface area contributed by atoms with E-state index in [4.69, 9.17) is 0 Å². The highest BCUT2D eigenvalue weighted by Gasteiger charge is 2.13. The summed E-state index contributed by atoms with van der Waals surface area (Å²) in [4.78, 5) is 23.2. The molecule has 3 N–H and O–H groups in total. The molecule has 1 aromatic rings. The number of carbonyl (C=O) groups is 2. The van der Waals surface area contributed by atoms with Crippen molar-refractivity contribution in [1.82, 2.24) is 5.32 Å². The lowest BCUT2D eigenvalue weighted by Crippen LogP contribution is -2.43. The van der Waals surface area contributed by atoms with Crippen molar-refractivity contribution in [2.75, 3.05) is 17.2 Å². The van der Waals surface area contributed by atoms with Gasteiger partial charge in [-0.05, 0) is 45.4 Å². The van der Waals surface area contributed by atoms with E-state index in [-0.39, 0.29) is 23.9 Å². The standard InChI is InChI=1S/C16H25N3O2/c1-6-14(20)18-13-9-12(8-7-11(13)2)17-10-15(21)19-16(3,4)5/h7-9,17H,6,10H2,1-5H3,(H,18,20)(H,19,21). The van der Waals surface area contributed by atoms with Crippen molar-refractivity contribution < 1.29 is 9.59 Å². The monoisotopic (exact) mass is 291 g/mol. The lowest BCUT2D eigenvalue weighted by molar-refractivity contribution is -0.120. The van der Waals surface area contributed by atoms with Gasteiger partial charge in [0.25, 0.3) is 0 Å². The van der Waals surface area contributed by atoms with E-state index in [2.05, 4.69) is 16.0 Å². The van der Waals surface area contributed by atoms with Crippen molar-refractivity contribution >= 4 is 23.2 Å². The van der Waals surface area contributed by atoms with Gasteiger partial charge in [0, 0.05) is 23.3 Å². The van der Waals surface area contributed by atoms with Gasteiger partial charge < -0.3 is 16.0 Å². The molecule has 2 amide bonds. The summed E-state index contributed by atoms with van der Waals surface area (Å²) in [5, 5.41) is 8.79. The second-order valence-corrected chi connectivity index (χ2v) is 6.08. The number of hydrogen-bond acceptors (Lipinski definition) is 3. The fourth-order valence-corrected chi connectivity index (χ4v) is 1.75. The molecule has 0 spiro atoms. The van der Waals surface area contributed by atoms with Gasteiger partial charge in [-0.2, -0.15) is 0 Å². The van der Waals surface area contributed by atoms with Crippen molar-refractivity contribution in [3.63, 3.8) is 0 Å². The minimum atomic E-state index is -0.244. The summed E-state index contributed by atoms with van der Waals surface area (Å²) in [6, 6.07) is 5.64. The number of carbonyl (C=O) groups excluding carboxylic acids is 2. The van der Waals surface area contributed by atoms with Crippen molar-refractivity contribution in [3.05, 3.63) is 23.8 Å². The summed E-state index contributed by atoms with van der Waals surface area (Å²) in [7, 11) is 0. The SMILES string of the molecule is CCC(=O)Nc1cc(NCC(=O)NC(C)(C)C)ccc1C. The Hall–Kier alpha value is -2.04. The molecule has 0 bridgehead atoms. The summed E-state index contributed by atoms with van der Waals surface area (Å²) < 4.78 is 0. The molecule has 5 heteroatoms. The van der Waals surface area contributed by atoms with Gasteiger partial charge in [0.05, 0.1) is 6.54 Å². The second kappa shape index (κ2) is 7.11. The number of nitrogens with one attached hydrogen (secondary N) is 3. The molecule has 0 heterocycles. The van der Waals surface area contributed by atoms with E-state index in [9.17, 15) is 9.59 Å². The van der Waals surface area contributed by atoms with Crippen LogP contribution in [0.1, 0.15) is 39.7 Å². The summed E-state index contributed by atoms with van der Waals surface area (Å²) in [6.45, 7) is 9.76. The van der Waals surface area contributed by atoms with Crippen LogP contribution in [0.4, 0.5) is 11.4 Å². The number of anilines is 2. The molecular weight excluding hydrogens is 266 g/mol. The van der Waals surface area contributed by atoms with Crippen LogP contribution in [0.3, 0.4) is 0 Å². The van der Waals surface area contributed by atoms with Crippen LogP contribution in [0.5, 0.6) is 0 Å². The minimum absolute atomic E-state index is 0.0271. The second-order valence-electron chi connectivity index (χ2n) is 6.08. The Labute approximate surface area is 126 Å². The van der Waals surface area contributed by atoms with Crippen LogP contribution in [0.15, 0.2) is 18.2 Å². The molecule has 0 aliphatic carbocycles. The molecule has 0 aromatic heterocycles. The van der Waals surface area contributed by atoms with E-state index < -0.39 is 0 Å². The van der Waals surface area contributed by atoms with Crippen molar-refractivity contribution in [2.24, 2.45) is 0 Å². The molecule has 0 aliphatic heterocycles. The highest BCUT2D eigenvalue weighted by Crippen LogP contribution is 2.20. The Morgan fingerprint density at radius 1 is 1.14 bits per heavy atom. The number of rotatable bonds is 5. The van der Waals surface area contributed by atoms with Gasteiger partial charge in [0.1, 0.15) is 0 Å². The van der Waals surface area contributed by atoms with Crippen LogP contribution in [-0.4, -0.2) is 23.9 Å². The Morgan fingerprint density at radius 2 is 1.81 bits per heavy atom. The average Bonchev–Trinajstić information content (AvgIpc) is 2.37. The molecule has 0 atom stereocenters.